The van der Waals surface area contributed by atoms with Crippen LogP contribution in [0.2, 0.25) is 0 Å². The van der Waals surface area contributed by atoms with E-state index < -0.39 is 36.2 Å². The first kappa shape index (κ1) is 23.5. The quantitative estimate of drug-likeness (QED) is 0.242. The van der Waals surface area contributed by atoms with Gasteiger partial charge in [-0.05, 0) is 25.3 Å². The van der Waals surface area contributed by atoms with Gasteiger partial charge in [0.1, 0.15) is 5.78 Å². The van der Waals surface area contributed by atoms with E-state index in [1.165, 1.54) is 17.2 Å². The second-order valence-corrected chi connectivity index (χ2v) is 9.93. The van der Waals surface area contributed by atoms with Gasteiger partial charge in [-0.1, -0.05) is 12.1 Å². The van der Waals surface area contributed by atoms with Gasteiger partial charge in [0.05, 0.1) is 36.3 Å². The minimum atomic E-state index is -3.51. The number of nitro benzene ring substituents is 1. The second kappa shape index (κ2) is 8.92. The monoisotopic (exact) mass is 477 g/mol. The molecule has 2 aromatic rings. The van der Waals surface area contributed by atoms with Gasteiger partial charge in [0.25, 0.3) is 17.5 Å². The van der Waals surface area contributed by atoms with Crippen LogP contribution in [0, 0.1) is 10.1 Å². The minimum Gasteiger partial charge on any atom is -0.308 e. The van der Waals surface area contributed by atoms with Crippen LogP contribution < -0.4 is 0 Å². The van der Waals surface area contributed by atoms with Crippen molar-refractivity contribution >= 4 is 35.9 Å². The van der Waals surface area contributed by atoms with E-state index in [9.17, 15) is 24.3 Å². The number of amides is 2. The molecule has 0 spiro atoms. The normalized spacial score (nSPS) is 21.2. The molecule has 2 amide bonds. The number of rotatable bonds is 8. The van der Waals surface area contributed by atoms with Gasteiger partial charge < -0.3 is 9.05 Å². The van der Waals surface area contributed by atoms with E-state index in [4.69, 9.17) is 13.9 Å². The summed E-state index contributed by atoms with van der Waals surface area (Å²) in [6, 6.07) is 7.37. The number of benzene rings is 2. The molecule has 1 fully saturated rings. The average Bonchev–Trinajstić information content (AvgIpc) is 3.15. The van der Waals surface area contributed by atoms with E-state index in [2.05, 4.69) is 0 Å². The van der Waals surface area contributed by atoms with Crippen molar-refractivity contribution in [1.29, 1.82) is 0 Å². The summed E-state index contributed by atoms with van der Waals surface area (Å²) in [5.74, 6) is -1.85. The number of carbonyl (C=O) groups is 2. The molecule has 0 bridgehead atoms. The molecule has 33 heavy (non-hydrogen) atoms. The first-order valence-corrected chi connectivity index (χ1v) is 12.2. The smallest absolute Gasteiger partial charge is 0.308 e. The maximum atomic E-state index is 13.3. The van der Waals surface area contributed by atoms with Crippen molar-refractivity contribution in [2.75, 3.05) is 26.8 Å². The lowest BCUT2D eigenvalue weighted by atomic mass is 9.93. The van der Waals surface area contributed by atoms with E-state index in [0.29, 0.717) is 10.8 Å². The van der Waals surface area contributed by atoms with E-state index in [1.807, 2.05) is 0 Å². The summed E-state index contributed by atoms with van der Waals surface area (Å²) in [5, 5.41) is 13.6. The zero-order valence-electron chi connectivity index (χ0n) is 18.4. The lowest BCUT2D eigenvalue weighted by Gasteiger charge is -2.28. The Kier molecular flexibility index (Phi) is 6.35. The van der Waals surface area contributed by atoms with Crippen LogP contribution in [0.5, 0.6) is 0 Å². The number of imide groups is 1. The highest BCUT2D eigenvalue weighted by Gasteiger charge is 2.47. The molecule has 0 aromatic heterocycles. The zero-order chi connectivity index (χ0) is 23.9. The fraction of sp³-hybridized carbons (Fsp3) is 0.429. The number of hydroxylamine groups is 2. The molecule has 0 unspecified atom stereocenters. The number of hydrogen-bond acceptors (Lipinski definition) is 9. The highest BCUT2D eigenvalue weighted by Crippen LogP contribution is 2.57. The summed E-state index contributed by atoms with van der Waals surface area (Å²) in [7, 11) is -1.92. The summed E-state index contributed by atoms with van der Waals surface area (Å²) in [6.45, 7) is 3.68. The molecule has 0 radical (unpaired) electrons. The summed E-state index contributed by atoms with van der Waals surface area (Å²) in [4.78, 5) is 44.0. The first-order chi connectivity index (χ1) is 15.7. The molecule has 0 N–H and O–H groups in total. The lowest BCUT2D eigenvalue weighted by Crippen LogP contribution is -2.44. The summed E-state index contributed by atoms with van der Waals surface area (Å²) in [5.41, 5.74) is 0.143. The SMILES string of the molecule is CCOP(=O)(OCC)[C@@H]1C[C@@H](CN2C(=O)c3cccc4cc([N+](=O)[O-])cc(c34)C2=O)ON1C. The predicted molar refractivity (Wildman–Crippen MR) is 118 cm³/mol. The zero-order valence-corrected chi connectivity index (χ0v) is 19.3. The molecule has 2 aromatic carbocycles. The lowest BCUT2D eigenvalue weighted by molar-refractivity contribution is -0.384. The highest BCUT2D eigenvalue weighted by molar-refractivity contribution is 7.54. The molecule has 4 rings (SSSR count). The number of non-ortho nitro benzene ring substituents is 1. The van der Waals surface area contributed by atoms with Gasteiger partial charge in [-0.25, -0.2) is 0 Å². The summed E-state index contributed by atoms with van der Waals surface area (Å²) >= 11 is 0. The Morgan fingerprint density at radius 3 is 2.45 bits per heavy atom. The first-order valence-electron chi connectivity index (χ1n) is 10.6. The molecular weight excluding hydrogens is 453 g/mol. The van der Waals surface area contributed by atoms with E-state index in [0.717, 1.165) is 4.90 Å². The van der Waals surface area contributed by atoms with Crippen LogP contribution in [0.25, 0.3) is 10.8 Å². The third kappa shape index (κ3) is 4.07. The van der Waals surface area contributed by atoms with Gasteiger partial charge in [-0.15, -0.1) is 0 Å². The Balaban J connectivity index is 1.63. The largest absolute Gasteiger partial charge is 0.350 e. The van der Waals surface area contributed by atoms with Crippen LogP contribution in [-0.2, 0) is 18.5 Å². The van der Waals surface area contributed by atoms with Crippen LogP contribution in [-0.4, -0.2) is 65.4 Å². The van der Waals surface area contributed by atoms with Gasteiger partial charge in [0.15, 0.2) is 0 Å². The van der Waals surface area contributed by atoms with Gasteiger partial charge in [0, 0.05) is 36.6 Å². The number of nitro groups is 1. The standard InChI is InChI=1S/C21H24N3O8P/c1-4-30-33(29,31-5-2)18-11-15(32-22(18)3)12-23-20(25)16-8-6-7-13-9-14(24(27)28)10-17(19(13)16)21(23)26/h6-10,15,18H,4-5,11-12H2,1-3H3/t15-,18+/m0/s1. The van der Waals surface area contributed by atoms with E-state index >= 15 is 0 Å². The van der Waals surface area contributed by atoms with Crippen molar-refractivity contribution in [1.82, 2.24) is 9.96 Å². The third-order valence-corrected chi connectivity index (χ3v) is 8.20. The van der Waals surface area contributed by atoms with Crippen molar-refractivity contribution in [3.63, 3.8) is 0 Å². The van der Waals surface area contributed by atoms with Crippen molar-refractivity contribution < 1.29 is 33.0 Å². The molecule has 11 nitrogen and oxygen atoms in total. The third-order valence-electron chi connectivity index (χ3n) is 5.70. The van der Waals surface area contributed by atoms with Crippen molar-refractivity contribution in [3.8, 4) is 0 Å². The Labute approximate surface area is 189 Å². The maximum absolute atomic E-state index is 13.3. The van der Waals surface area contributed by atoms with Crippen molar-refractivity contribution in [2.24, 2.45) is 0 Å². The fourth-order valence-electron chi connectivity index (χ4n) is 4.35. The molecule has 0 aliphatic carbocycles. The predicted octanol–water partition coefficient (Wildman–Crippen LogP) is 3.57. The van der Waals surface area contributed by atoms with Crippen LogP contribution in [0.1, 0.15) is 41.0 Å². The number of hydrogen-bond donors (Lipinski definition) is 0. The van der Waals surface area contributed by atoms with Gasteiger partial charge in [0.2, 0.25) is 0 Å². The molecule has 176 valence electrons. The van der Waals surface area contributed by atoms with E-state index in [1.54, 1.807) is 39.1 Å². The number of carbonyl (C=O) groups excluding carboxylic acids is 2. The topological polar surface area (TPSA) is 129 Å². The Morgan fingerprint density at radius 2 is 1.82 bits per heavy atom. The number of nitrogens with zero attached hydrogens (tertiary/aromatic N) is 3. The molecular formula is C21H24N3O8P. The van der Waals surface area contributed by atoms with Crippen LogP contribution in [0.3, 0.4) is 0 Å². The minimum absolute atomic E-state index is 0.0894. The molecule has 0 saturated carbocycles. The van der Waals surface area contributed by atoms with Crippen LogP contribution in [0.15, 0.2) is 30.3 Å². The average molecular weight is 477 g/mol. The van der Waals surface area contributed by atoms with Crippen LogP contribution in [0.4, 0.5) is 5.69 Å². The molecule has 12 heteroatoms. The highest BCUT2D eigenvalue weighted by atomic mass is 31.2. The Bertz CT molecular complexity index is 1180. The second-order valence-electron chi connectivity index (χ2n) is 7.74. The van der Waals surface area contributed by atoms with Gasteiger partial charge in [-0.2, -0.15) is 5.06 Å². The fourth-order valence-corrected chi connectivity index (χ4v) is 6.44. The molecule has 2 aliphatic rings. The van der Waals surface area contributed by atoms with Gasteiger partial charge >= 0.3 is 7.60 Å². The Hall–Kier alpha value is -2.69. The maximum Gasteiger partial charge on any atom is 0.350 e. The molecule has 2 aliphatic heterocycles. The van der Waals surface area contributed by atoms with Crippen molar-refractivity contribution in [2.45, 2.75) is 32.2 Å². The van der Waals surface area contributed by atoms with Crippen LogP contribution >= 0.6 is 7.60 Å². The molecule has 2 heterocycles. The summed E-state index contributed by atoms with van der Waals surface area (Å²) in [6.07, 6.45) is -0.446. The van der Waals surface area contributed by atoms with Crippen molar-refractivity contribution in [3.05, 3.63) is 51.6 Å². The van der Waals surface area contributed by atoms with Gasteiger partial charge in [-0.3, -0.25) is 34.0 Å². The summed E-state index contributed by atoms with van der Waals surface area (Å²) < 4.78 is 24.1. The Morgan fingerprint density at radius 1 is 1.15 bits per heavy atom. The molecule has 1 saturated heterocycles. The van der Waals surface area contributed by atoms with E-state index in [-0.39, 0.29) is 43.0 Å². The molecule has 2 atom stereocenters.